The van der Waals surface area contributed by atoms with Crippen molar-refractivity contribution in [2.45, 2.75) is 30.8 Å². The summed E-state index contributed by atoms with van der Waals surface area (Å²) < 4.78 is 0. The van der Waals surface area contributed by atoms with Gasteiger partial charge in [0.2, 0.25) is 0 Å². The zero-order valence-electron chi connectivity index (χ0n) is 8.53. The van der Waals surface area contributed by atoms with Crippen molar-refractivity contribution >= 4 is 17.6 Å². The van der Waals surface area contributed by atoms with E-state index < -0.39 is 0 Å². The summed E-state index contributed by atoms with van der Waals surface area (Å²) in [7, 11) is 0. The maximum Gasteiger partial charge on any atom is 0.148 e. The van der Waals surface area contributed by atoms with E-state index in [0.717, 1.165) is 16.8 Å². The molecule has 0 spiro atoms. The lowest BCUT2D eigenvalue weighted by Crippen LogP contribution is -2.36. The fourth-order valence-electron chi connectivity index (χ4n) is 1.58. The Bertz CT molecular complexity index is 299. The molecule has 1 N–H and O–H groups in total. The second-order valence-corrected chi connectivity index (χ2v) is 4.59. The molecule has 4 heteroatoms. The molecule has 0 amide bonds. The molecule has 0 aliphatic heterocycles. The number of hydrogen-bond acceptors (Lipinski definition) is 4. The predicted octanol–water partition coefficient (Wildman–Crippen LogP) is 2.41. The van der Waals surface area contributed by atoms with Crippen molar-refractivity contribution in [3.05, 3.63) is 12.1 Å². The third-order valence-corrected chi connectivity index (χ3v) is 3.44. The normalized spacial score (nSPS) is 25.6. The van der Waals surface area contributed by atoms with Crippen LogP contribution in [-0.4, -0.2) is 22.5 Å². The van der Waals surface area contributed by atoms with Gasteiger partial charge in [0, 0.05) is 6.04 Å². The number of nitrogens with zero attached hydrogens (tertiary/aromatic N) is 2. The van der Waals surface area contributed by atoms with Gasteiger partial charge in [0.1, 0.15) is 10.8 Å². The first-order valence-corrected chi connectivity index (χ1v) is 6.16. The van der Waals surface area contributed by atoms with E-state index in [4.69, 9.17) is 0 Å². The van der Waals surface area contributed by atoms with Gasteiger partial charge in [-0.15, -0.1) is 22.0 Å². The lowest BCUT2D eigenvalue weighted by Gasteiger charge is -2.34. The first-order valence-electron chi connectivity index (χ1n) is 4.94. The van der Waals surface area contributed by atoms with Gasteiger partial charge < -0.3 is 5.32 Å². The molecule has 0 saturated heterocycles. The van der Waals surface area contributed by atoms with Gasteiger partial charge in [0.15, 0.2) is 0 Å². The molecule has 3 nitrogen and oxygen atoms in total. The topological polar surface area (TPSA) is 37.8 Å². The van der Waals surface area contributed by atoms with Crippen LogP contribution in [0.5, 0.6) is 0 Å². The Morgan fingerprint density at radius 2 is 2.21 bits per heavy atom. The fraction of sp³-hybridized carbons (Fsp3) is 0.600. The van der Waals surface area contributed by atoms with Gasteiger partial charge in [0.25, 0.3) is 0 Å². The van der Waals surface area contributed by atoms with Gasteiger partial charge in [-0.05, 0) is 37.1 Å². The maximum atomic E-state index is 4.12. The lowest BCUT2D eigenvalue weighted by atomic mass is 9.81. The highest BCUT2D eigenvalue weighted by Crippen LogP contribution is 2.29. The smallest absolute Gasteiger partial charge is 0.148 e. The SMILES string of the molecule is CSc1ccc(NC2CCC2C)nn1. The van der Waals surface area contributed by atoms with Crippen molar-refractivity contribution in [2.24, 2.45) is 5.92 Å². The third-order valence-electron chi connectivity index (χ3n) is 2.80. The van der Waals surface area contributed by atoms with Gasteiger partial charge in [-0.1, -0.05) is 6.92 Å². The van der Waals surface area contributed by atoms with E-state index in [1.807, 2.05) is 18.4 Å². The highest BCUT2D eigenvalue weighted by atomic mass is 32.2. The standard InChI is InChI=1S/C10H15N3S/c1-7-3-4-8(7)11-9-5-6-10(14-2)13-12-9/h5-8H,3-4H2,1-2H3,(H,11,12). The minimum absolute atomic E-state index is 0.601. The van der Waals surface area contributed by atoms with E-state index in [9.17, 15) is 0 Å². The molecule has 2 unspecified atom stereocenters. The zero-order valence-corrected chi connectivity index (χ0v) is 9.34. The van der Waals surface area contributed by atoms with Gasteiger partial charge in [0.05, 0.1) is 0 Å². The minimum Gasteiger partial charge on any atom is -0.366 e. The van der Waals surface area contributed by atoms with Gasteiger partial charge in [-0.2, -0.15) is 0 Å². The first-order chi connectivity index (χ1) is 6.79. The summed E-state index contributed by atoms with van der Waals surface area (Å²) in [6, 6.07) is 4.61. The van der Waals surface area contributed by atoms with Gasteiger partial charge in [-0.25, -0.2) is 0 Å². The average molecular weight is 209 g/mol. The van der Waals surface area contributed by atoms with Crippen molar-refractivity contribution in [3.63, 3.8) is 0 Å². The highest BCUT2D eigenvalue weighted by molar-refractivity contribution is 7.98. The van der Waals surface area contributed by atoms with Crippen LogP contribution in [0.4, 0.5) is 5.82 Å². The van der Waals surface area contributed by atoms with E-state index in [1.165, 1.54) is 12.8 Å². The van der Waals surface area contributed by atoms with Crippen molar-refractivity contribution in [3.8, 4) is 0 Å². The van der Waals surface area contributed by atoms with E-state index >= 15 is 0 Å². The first kappa shape index (κ1) is 9.77. The van der Waals surface area contributed by atoms with Crippen LogP contribution in [0.2, 0.25) is 0 Å². The number of aromatic nitrogens is 2. The number of rotatable bonds is 3. The molecule has 1 aromatic rings. The van der Waals surface area contributed by atoms with Gasteiger partial charge in [-0.3, -0.25) is 0 Å². The van der Waals surface area contributed by atoms with Crippen molar-refractivity contribution in [1.82, 2.24) is 10.2 Å². The zero-order chi connectivity index (χ0) is 9.97. The second kappa shape index (κ2) is 4.17. The van der Waals surface area contributed by atoms with Crippen LogP contribution in [-0.2, 0) is 0 Å². The fourth-order valence-corrected chi connectivity index (χ4v) is 1.90. The van der Waals surface area contributed by atoms with E-state index in [-0.39, 0.29) is 0 Å². The van der Waals surface area contributed by atoms with Crippen LogP contribution < -0.4 is 5.32 Å². The molecule has 14 heavy (non-hydrogen) atoms. The van der Waals surface area contributed by atoms with E-state index in [0.29, 0.717) is 6.04 Å². The van der Waals surface area contributed by atoms with Crippen LogP contribution in [0.25, 0.3) is 0 Å². The van der Waals surface area contributed by atoms with E-state index in [1.54, 1.807) is 11.8 Å². The molecule has 2 rings (SSSR count). The number of anilines is 1. The molecule has 76 valence electrons. The molecule has 0 aromatic carbocycles. The summed E-state index contributed by atoms with van der Waals surface area (Å²) in [4.78, 5) is 0. The monoisotopic (exact) mass is 209 g/mol. The number of nitrogens with one attached hydrogen (secondary N) is 1. The molecule has 1 aromatic heterocycles. The molecule has 0 radical (unpaired) electrons. The third kappa shape index (κ3) is 2.00. The number of hydrogen-bond donors (Lipinski definition) is 1. The van der Waals surface area contributed by atoms with E-state index in [2.05, 4.69) is 22.4 Å². The highest BCUT2D eigenvalue weighted by Gasteiger charge is 2.26. The molecule has 1 heterocycles. The molecule has 1 fully saturated rings. The summed E-state index contributed by atoms with van der Waals surface area (Å²) in [5.74, 6) is 1.68. The molecule has 2 atom stereocenters. The van der Waals surface area contributed by atoms with Crippen LogP contribution >= 0.6 is 11.8 Å². The van der Waals surface area contributed by atoms with Crippen LogP contribution in [0.15, 0.2) is 17.2 Å². The van der Waals surface area contributed by atoms with Crippen molar-refractivity contribution < 1.29 is 0 Å². The Morgan fingerprint density at radius 3 is 2.64 bits per heavy atom. The quantitative estimate of drug-likeness (QED) is 0.776. The maximum absolute atomic E-state index is 4.12. The van der Waals surface area contributed by atoms with Crippen molar-refractivity contribution in [2.75, 3.05) is 11.6 Å². The largest absolute Gasteiger partial charge is 0.366 e. The molecule has 1 aliphatic rings. The van der Waals surface area contributed by atoms with Crippen LogP contribution in [0.3, 0.4) is 0 Å². The lowest BCUT2D eigenvalue weighted by molar-refractivity contribution is 0.302. The molecule has 0 bridgehead atoms. The predicted molar refractivity (Wildman–Crippen MR) is 59.6 cm³/mol. The summed E-state index contributed by atoms with van der Waals surface area (Å²) in [5.41, 5.74) is 0. The Morgan fingerprint density at radius 1 is 1.36 bits per heavy atom. The minimum atomic E-state index is 0.601. The molecule has 1 saturated carbocycles. The second-order valence-electron chi connectivity index (χ2n) is 3.77. The Balaban J connectivity index is 1.96. The van der Waals surface area contributed by atoms with Crippen molar-refractivity contribution in [1.29, 1.82) is 0 Å². The van der Waals surface area contributed by atoms with Crippen LogP contribution in [0.1, 0.15) is 19.8 Å². The molecular formula is C10H15N3S. The molecule has 1 aliphatic carbocycles. The molecular weight excluding hydrogens is 194 g/mol. The van der Waals surface area contributed by atoms with Gasteiger partial charge >= 0.3 is 0 Å². The Hall–Kier alpha value is -0.770. The Kier molecular flexibility index (Phi) is 2.91. The summed E-state index contributed by atoms with van der Waals surface area (Å²) >= 11 is 1.62. The van der Waals surface area contributed by atoms with Crippen LogP contribution in [0, 0.1) is 5.92 Å². The summed E-state index contributed by atoms with van der Waals surface area (Å²) in [6.07, 6.45) is 4.59. The summed E-state index contributed by atoms with van der Waals surface area (Å²) in [5, 5.41) is 12.6. The summed E-state index contributed by atoms with van der Waals surface area (Å²) in [6.45, 7) is 2.27. The average Bonchev–Trinajstić information content (AvgIpc) is 2.24. The Labute approximate surface area is 88.7 Å². The number of thioether (sulfide) groups is 1.